The first-order valence-electron chi connectivity index (χ1n) is 7.74. The summed E-state index contributed by atoms with van der Waals surface area (Å²) in [5.41, 5.74) is 1.69. The van der Waals surface area contributed by atoms with Gasteiger partial charge in [-0.25, -0.2) is 4.79 Å². The van der Waals surface area contributed by atoms with Crippen LogP contribution in [0.15, 0.2) is 60.7 Å². The summed E-state index contributed by atoms with van der Waals surface area (Å²) < 4.78 is 16.2. The Labute approximate surface area is 137 Å². The lowest BCUT2D eigenvalue weighted by Gasteiger charge is -2.13. The molecule has 2 rings (SSSR count). The fourth-order valence-electron chi connectivity index (χ4n) is 2.06. The highest BCUT2D eigenvalue weighted by Gasteiger charge is 2.06. The van der Waals surface area contributed by atoms with Gasteiger partial charge >= 0.3 is 5.97 Å². The highest BCUT2D eigenvalue weighted by atomic mass is 16.6. The van der Waals surface area contributed by atoms with Gasteiger partial charge in [-0.15, -0.1) is 0 Å². The summed E-state index contributed by atoms with van der Waals surface area (Å²) in [5.74, 6) is -0.330. The highest BCUT2D eigenvalue weighted by Crippen LogP contribution is 2.15. The lowest BCUT2D eigenvalue weighted by molar-refractivity contribution is -0.00377. The molecule has 1 atom stereocenters. The number of rotatable bonds is 9. The van der Waals surface area contributed by atoms with Crippen LogP contribution in [-0.4, -0.2) is 32.4 Å². The van der Waals surface area contributed by atoms with E-state index in [2.05, 4.69) is 0 Å². The summed E-state index contributed by atoms with van der Waals surface area (Å²) in [6.45, 7) is 3.59. The molecule has 0 spiro atoms. The summed E-state index contributed by atoms with van der Waals surface area (Å²) in [7, 11) is 0. The summed E-state index contributed by atoms with van der Waals surface area (Å²) in [6, 6.07) is 19.0. The fourth-order valence-corrected chi connectivity index (χ4v) is 2.06. The Hall–Kier alpha value is -2.17. The van der Waals surface area contributed by atoms with Gasteiger partial charge in [0.15, 0.2) is 0 Å². The van der Waals surface area contributed by atoms with Gasteiger partial charge in [-0.05, 0) is 24.6 Å². The van der Waals surface area contributed by atoms with Crippen molar-refractivity contribution in [3.8, 4) is 0 Å². The smallest absolute Gasteiger partial charge is 0.338 e. The minimum atomic E-state index is -0.330. The lowest BCUT2D eigenvalue weighted by atomic mass is 10.1. The number of carbonyl (C=O) groups excluding carboxylic acids is 1. The first-order chi connectivity index (χ1) is 11.3. The van der Waals surface area contributed by atoms with Crippen molar-refractivity contribution in [2.75, 3.05) is 26.4 Å². The molecule has 0 N–H and O–H groups in total. The van der Waals surface area contributed by atoms with Gasteiger partial charge < -0.3 is 14.2 Å². The second-order valence-electron chi connectivity index (χ2n) is 5.04. The normalized spacial score (nSPS) is 11.9. The predicted octanol–water partition coefficient (Wildman–Crippen LogP) is 3.64. The van der Waals surface area contributed by atoms with Crippen molar-refractivity contribution in [3.05, 3.63) is 71.8 Å². The molecule has 23 heavy (non-hydrogen) atoms. The molecule has 0 heterocycles. The van der Waals surface area contributed by atoms with Gasteiger partial charge in [0, 0.05) is 0 Å². The molecule has 0 bridgehead atoms. The van der Waals surface area contributed by atoms with Crippen molar-refractivity contribution < 1.29 is 19.0 Å². The van der Waals surface area contributed by atoms with E-state index in [9.17, 15) is 4.79 Å². The standard InChI is InChI=1S/C19H22O4/c1-16(17-8-4-2-5-9-17)22-14-12-21-13-15-23-19(20)18-10-6-3-7-11-18/h2-11,16H,12-15H2,1H3. The van der Waals surface area contributed by atoms with Crippen molar-refractivity contribution in [1.82, 2.24) is 0 Å². The van der Waals surface area contributed by atoms with Crippen LogP contribution in [0.4, 0.5) is 0 Å². The third-order valence-corrected chi connectivity index (χ3v) is 3.33. The van der Waals surface area contributed by atoms with Crippen molar-refractivity contribution in [1.29, 1.82) is 0 Å². The van der Waals surface area contributed by atoms with Gasteiger partial charge in [-0.1, -0.05) is 48.5 Å². The maximum Gasteiger partial charge on any atom is 0.338 e. The third kappa shape index (κ3) is 6.22. The SMILES string of the molecule is CC(OCCOCCOC(=O)c1ccccc1)c1ccccc1. The van der Waals surface area contributed by atoms with Gasteiger partial charge in [0.05, 0.1) is 31.5 Å². The molecule has 0 aromatic heterocycles. The Morgan fingerprint density at radius 3 is 2.17 bits per heavy atom. The Kier molecular flexibility index (Phi) is 7.30. The fraction of sp³-hybridized carbons (Fsp3) is 0.316. The topological polar surface area (TPSA) is 44.8 Å². The maximum absolute atomic E-state index is 11.7. The largest absolute Gasteiger partial charge is 0.460 e. The molecule has 1 unspecified atom stereocenters. The molecule has 4 nitrogen and oxygen atoms in total. The Morgan fingerprint density at radius 2 is 1.48 bits per heavy atom. The van der Waals surface area contributed by atoms with Crippen molar-refractivity contribution in [3.63, 3.8) is 0 Å². The van der Waals surface area contributed by atoms with Gasteiger partial charge in [-0.2, -0.15) is 0 Å². The molecule has 0 aliphatic heterocycles. The van der Waals surface area contributed by atoms with Crippen molar-refractivity contribution in [2.45, 2.75) is 13.0 Å². The predicted molar refractivity (Wildman–Crippen MR) is 88.4 cm³/mol. The Balaban J connectivity index is 1.52. The van der Waals surface area contributed by atoms with Gasteiger partial charge in [0.1, 0.15) is 6.61 Å². The van der Waals surface area contributed by atoms with E-state index in [0.717, 1.165) is 5.56 Å². The molecular weight excluding hydrogens is 292 g/mol. The summed E-state index contributed by atoms with van der Waals surface area (Å²) >= 11 is 0. The van der Waals surface area contributed by atoms with Crippen LogP contribution in [-0.2, 0) is 14.2 Å². The molecule has 0 amide bonds. The zero-order valence-corrected chi connectivity index (χ0v) is 13.3. The van der Waals surface area contributed by atoms with Crippen LogP contribution in [0.1, 0.15) is 28.9 Å². The van der Waals surface area contributed by atoms with Crippen molar-refractivity contribution >= 4 is 5.97 Å². The van der Waals surface area contributed by atoms with E-state index >= 15 is 0 Å². The van der Waals surface area contributed by atoms with E-state index in [-0.39, 0.29) is 18.7 Å². The van der Waals surface area contributed by atoms with Crippen LogP contribution in [0.2, 0.25) is 0 Å². The quantitative estimate of drug-likeness (QED) is 0.523. The maximum atomic E-state index is 11.7. The Bertz CT molecular complexity index is 568. The van der Waals surface area contributed by atoms with Crippen LogP contribution in [0.5, 0.6) is 0 Å². The number of benzene rings is 2. The average Bonchev–Trinajstić information content (AvgIpc) is 2.62. The summed E-state index contributed by atoms with van der Waals surface area (Å²) in [4.78, 5) is 11.7. The van der Waals surface area contributed by atoms with E-state index in [1.54, 1.807) is 24.3 Å². The minimum Gasteiger partial charge on any atom is -0.460 e. The van der Waals surface area contributed by atoms with Crippen LogP contribution in [0.3, 0.4) is 0 Å². The molecule has 0 saturated carbocycles. The monoisotopic (exact) mass is 314 g/mol. The summed E-state index contributed by atoms with van der Waals surface area (Å²) in [5, 5.41) is 0. The highest BCUT2D eigenvalue weighted by molar-refractivity contribution is 5.89. The van der Waals surface area contributed by atoms with Crippen LogP contribution in [0.25, 0.3) is 0 Å². The number of ether oxygens (including phenoxy) is 3. The third-order valence-electron chi connectivity index (χ3n) is 3.33. The van der Waals surface area contributed by atoms with Crippen molar-refractivity contribution in [2.24, 2.45) is 0 Å². The summed E-state index contributed by atoms with van der Waals surface area (Å²) in [6.07, 6.45) is 0.0377. The van der Waals surface area contributed by atoms with Crippen LogP contribution >= 0.6 is 0 Å². The van der Waals surface area contributed by atoms with E-state index in [0.29, 0.717) is 25.4 Å². The zero-order chi connectivity index (χ0) is 16.3. The molecule has 122 valence electrons. The van der Waals surface area contributed by atoms with Gasteiger partial charge in [0.25, 0.3) is 0 Å². The van der Waals surface area contributed by atoms with Crippen LogP contribution in [0, 0.1) is 0 Å². The molecule has 0 fully saturated rings. The van der Waals surface area contributed by atoms with E-state index < -0.39 is 0 Å². The molecule has 0 radical (unpaired) electrons. The molecule has 0 saturated heterocycles. The minimum absolute atomic E-state index is 0.0377. The Morgan fingerprint density at radius 1 is 0.870 bits per heavy atom. The van der Waals surface area contributed by atoms with Crippen LogP contribution < -0.4 is 0 Å². The number of carbonyl (C=O) groups is 1. The van der Waals surface area contributed by atoms with Gasteiger partial charge in [-0.3, -0.25) is 0 Å². The zero-order valence-electron chi connectivity index (χ0n) is 13.3. The molecule has 2 aromatic rings. The molecule has 0 aliphatic carbocycles. The molecule has 0 aliphatic rings. The molecular formula is C19H22O4. The second-order valence-corrected chi connectivity index (χ2v) is 5.04. The number of esters is 1. The number of hydrogen-bond acceptors (Lipinski definition) is 4. The second kappa shape index (κ2) is 9.77. The van der Waals surface area contributed by atoms with E-state index in [1.165, 1.54) is 0 Å². The first-order valence-corrected chi connectivity index (χ1v) is 7.74. The van der Waals surface area contributed by atoms with E-state index in [1.807, 2.05) is 43.3 Å². The molecule has 2 aromatic carbocycles. The average molecular weight is 314 g/mol. The van der Waals surface area contributed by atoms with E-state index in [4.69, 9.17) is 14.2 Å². The molecule has 4 heteroatoms. The number of hydrogen-bond donors (Lipinski definition) is 0. The van der Waals surface area contributed by atoms with Gasteiger partial charge in [0.2, 0.25) is 0 Å². The first kappa shape index (κ1) is 17.2. The lowest BCUT2D eigenvalue weighted by Crippen LogP contribution is -2.13.